The Morgan fingerprint density at radius 2 is 1.32 bits per heavy atom. The number of ether oxygens (including phenoxy) is 3. The summed E-state index contributed by atoms with van der Waals surface area (Å²) in [5.41, 5.74) is 3.10. The van der Waals surface area contributed by atoms with Gasteiger partial charge in [0.2, 0.25) is 5.91 Å². The number of amides is 1. The molecule has 1 aromatic heterocycles. The average Bonchev–Trinajstić information content (AvgIpc) is 3.44. The van der Waals surface area contributed by atoms with Crippen LogP contribution in [0.1, 0.15) is 41.5 Å². The predicted octanol–water partition coefficient (Wildman–Crippen LogP) is 3.79. The van der Waals surface area contributed by atoms with Crippen molar-refractivity contribution in [3.63, 3.8) is 0 Å². The van der Waals surface area contributed by atoms with Gasteiger partial charge in [-0.25, -0.2) is 4.68 Å². The van der Waals surface area contributed by atoms with E-state index < -0.39 is 18.2 Å². The summed E-state index contributed by atoms with van der Waals surface area (Å²) in [6, 6.07) is 28.8. The molecule has 1 N–H and O–H groups in total. The molecule has 38 heavy (non-hydrogen) atoms. The molecule has 1 amide bonds. The minimum Gasteiger partial charge on any atom is -0.374 e. The summed E-state index contributed by atoms with van der Waals surface area (Å²) in [7, 11) is 0. The van der Waals surface area contributed by atoms with Crippen LogP contribution in [0, 0.1) is 0 Å². The van der Waals surface area contributed by atoms with Crippen LogP contribution < -0.4 is 5.32 Å². The van der Waals surface area contributed by atoms with Crippen LogP contribution in [0.3, 0.4) is 0 Å². The third-order valence-electron chi connectivity index (χ3n) is 6.47. The van der Waals surface area contributed by atoms with Crippen molar-refractivity contribution >= 4 is 5.91 Å². The Bertz CT molecular complexity index is 1290. The summed E-state index contributed by atoms with van der Waals surface area (Å²) in [5, 5.41) is 15.5. The first-order chi connectivity index (χ1) is 18.7. The van der Waals surface area contributed by atoms with Gasteiger partial charge >= 0.3 is 0 Å². The predicted molar refractivity (Wildman–Crippen MR) is 140 cm³/mol. The van der Waals surface area contributed by atoms with Crippen molar-refractivity contribution in [2.75, 3.05) is 6.61 Å². The summed E-state index contributed by atoms with van der Waals surface area (Å²) in [4.78, 5) is 12.2. The third kappa shape index (κ3) is 6.31. The Balaban J connectivity index is 1.44. The quantitative estimate of drug-likeness (QED) is 0.326. The molecule has 9 heteroatoms. The molecule has 0 spiro atoms. The lowest BCUT2D eigenvalue weighted by atomic mass is 9.93. The lowest BCUT2D eigenvalue weighted by Gasteiger charge is -2.41. The van der Waals surface area contributed by atoms with Crippen molar-refractivity contribution in [3.8, 4) is 0 Å². The van der Waals surface area contributed by atoms with Crippen LogP contribution in [0.15, 0.2) is 91.0 Å². The van der Waals surface area contributed by atoms with Gasteiger partial charge in [0.05, 0.1) is 26.4 Å². The molecule has 0 saturated heterocycles. The molecule has 0 fully saturated rings. The number of hydrogen-bond donors (Lipinski definition) is 1. The topological polar surface area (TPSA) is 100 Å². The van der Waals surface area contributed by atoms with Gasteiger partial charge in [-0.15, -0.1) is 5.10 Å². The molecule has 1 aliphatic rings. The fraction of sp³-hybridized carbons (Fsp3) is 0.310. The second-order valence-corrected chi connectivity index (χ2v) is 9.25. The van der Waals surface area contributed by atoms with E-state index in [1.807, 2.05) is 91.0 Å². The molecule has 5 rings (SSSR count). The number of fused-ring (bicyclic) bond motifs is 1. The number of tetrazole rings is 1. The molecule has 0 aliphatic carbocycles. The average molecular weight is 514 g/mol. The first-order valence-electron chi connectivity index (χ1n) is 12.7. The second-order valence-electron chi connectivity index (χ2n) is 9.25. The van der Waals surface area contributed by atoms with E-state index in [1.54, 1.807) is 4.68 Å². The number of hydrogen-bond acceptors (Lipinski definition) is 7. The SMILES string of the molecule is CC(=O)N[C@H]1c2nnnn2[C@H](COCc2ccccc2)[C@@H](OCc2ccccc2)[C@@H]1OCc1ccccc1. The summed E-state index contributed by atoms with van der Waals surface area (Å²) >= 11 is 0. The monoisotopic (exact) mass is 513 g/mol. The molecular weight excluding hydrogens is 482 g/mol. The van der Waals surface area contributed by atoms with Crippen LogP contribution in [0.2, 0.25) is 0 Å². The Morgan fingerprint density at radius 3 is 1.87 bits per heavy atom. The number of rotatable bonds is 11. The maximum atomic E-state index is 12.2. The van der Waals surface area contributed by atoms with Crippen LogP contribution in [0.5, 0.6) is 0 Å². The number of carbonyl (C=O) groups excluding carboxylic acids is 1. The highest BCUT2D eigenvalue weighted by Gasteiger charge is 2.47. The molecule has 0 unspecified atom stereocenters. The van der Waals surface area contributed by atoms with Gasteiger partial charge in [0, 0.05) is 6.92 Å². The molecule has 196 valence electrons. The maximum Gasteiger partial charge on any atom is 0.217 e. The summed E-state index contributed by atoms with van der Waals surface area (Å²) < 4.78 is 20.9. The molecule has 4 aromatic rings. The van der Waals surface area contributed by atoms with Crippen LogP contribution in [0.25, 0.3) is 0 Å². The van der Waals surface area contributed by atoms with E-state index in [4.69, 9.17) is 14.2 Å². The van der Waals surface area contributed by atoms with Crippen molar-refractivity contribution in [1.29, 1.82) is 0 Å². The standard InChI is InChI=1S/C29H31N5O4/c1-21(35)30-26-28(38-19-24-15-9-4-10-16-24)27(37-18-23-13-7-3-8-14-23)25(34-29(26)31-32-33-34)20-36-17-22-11-5-2-6-12-22/h2-16,25-28H,17-20H2,1H3,(H,30,35)/t25-,26-,27-,28-/m1/s1. The zero-order valence-electron chi connectivity index (χ0n) is 21.2. The molecule has 0 bridgehead atoms. The highest BCUT2D eigenvalue weighted by molar-refractivity contribution is 5.73. The highest BCUT2D eigenvalue weighted by Crippen LogP contribution is 2.36. The largest absolute Gasteiger partial charge is 0.374 e. The van der Waals surface area contributed by atoms with Crippen molar-refractivity contribution in [1.82, 2.24) is 25.5 Å². The van der Waals surface area contributed by atoms with E-state index in [9.17, 15) is 4.79 Å². The van der Waals surface area contributed by atoms with Gasteiger partial charge in [-0.1, -0.05) is 91.0 Å². The lowest BCUT2D eigenvalue weighted by Crippen LogP contribution is -2.54. The van der Waals surface area contributed by atoms with Gasteiger partial charge in [-0.2, -0.15) is 0 Å². The van der Waals surface area contributed by atoms with Gasteiger partial charge < -0.3 is 19.5 Å². The van der Waals surface area contributed by atoms with Gasteiger partial charge in [-0.05, 0) is 27.1 Å². The summed E-state index contributed by atoms with van der Waals surface area (Å²) in [5.74, 6) is 0.296. The van der Waals surface area contributed by atoms with Gasteiger partial charge in [0.1, 0.15) is 24.3 Å². The number of carbonyl (C=O) groups is 1. The maximum absolute atomic E-state index is 12.2. The van der Waals surface area contributed by atoms with Crippen LogP contribution in [-0.2, 0) is 38.8 Å². The van der Waals surface area contributed by atoms with Crippen LogP contribution in [0.4, 0.5) is 0 Å². The normalized spacial score (nSPS) is 20.6. The van der Waals surface area contributed by atoms with E-state index in [0.29, 0.717) is 32.3 Å². The molecule has 2 heterocycles. The zero-order valence-corrected chi connectivity index (χ0v) is 21.2. The van der Waals surface area contributed by atoms with Crippen LogP contribution in [-0.4, -0.2) is 44.9 Å². The van der Waals surface area contributed by atoms with E-state index in [1.165, 1.54) is 6.92 Å². The summed E-state index contributed by atoms with van der Waals surface area (Å²) in [6.45, 7) is 2.90. The van der Waals surface area contributed by atoms with Crippen molar-refractivity contribution in [3.05, 3.63) is 114 Å². The first-order valence-corrected chi connectivity index (χ1v) is 12.7. The minimum atomic E-state index is -0.600. The van der Waals surface area contributed by atoms with Gasteiger partial charge in [0.25, 0.3) is 0 Å². The second kappa shape index (κ2) is 12.6. The van der Waals surface area contributed by atoms with E-state index in [0.717, 1.165) is 16.7 Å². The van der Waals surface area contributed by atoms with E-state index >= 15 is 0 Å². The number of nitrogens with zero attached hydrogens (tertiary/aromatic N) is 4. The van der Waals surface area contributed by atoms with Crippen LogP contribution >= 0.6 is 0 Å². The minimum absolute atomic E-state index is 0.210. The Morgan fingerprint density at radius 1 is 0.789 bits per heavy atom. The molecule has 3 aromatic carbocycles. The van der Waals surface area contributed by atoms with E-state index in [2.05, 4.69) is 20.8 Å². The zero-order chi connectivity index (χ0) is 26.2. The van der Waals surface area contributed by atoms with E-state index in [-0.39, 0.29) is 11.9 Å². The molecule has 0 radical (unpaired) electrons. The Labute approximate surface area is 221 Å². The fourth-order valence-corrected chi connectivity index (χ4v) is 4.67. The van der Waals surface area contributed by atoms with Crippen molar-refractivity contribution < 1.29 is 19.0 Å². The molecule has 4 atom stereocenters. The molecule has 1 aliphatic heterocycles. The summed E-state index contributed by atoms with van der Waals surface area (Å²) in [6.07, 6.45) is -1.07. The lowest BCUT2D eigenvalue weighted by molar-refractivity contribution is -0.149. The smallest absolute Gasteiger partial charge is 0.217 e. The number of benzene rings is 3. The number of aromatic nitrogens is 4. The third-order valence-corrected chi connectivity index (χ3v) is 6.47. The molecule has 0 saturated carbocycles. The van der Waals surface area contributed by atoms with Gasteiger partial charge in [0.15, 0.2) is 5.82 Å². The molecular formula is C29H31N5O4. The molecule has 9 nitrogen and oxygen atoms in total. The number of nitrogens with one attached hydrogen (secondary N) is 1. The Kier molecular flexibility index (Phi) is 8.49. The van der Waals surface area contributed by atoms with Crippen molar-refractivity contribution in [2.45, 2.75) is 51.0 Å². The Hall–Kier alpha value is -3.92. The first kappa shape index (κ1) is 25.7. The fourth-order valence-electron chi connectivity index (χ4n) is 4.67. The van der Waals surface area contributed by atoms with Gasteiger partial charge in [-0.3, -0.25) is 4.79 Å². The van der Waals surface area contributed by atoms with Crippen molar-refractivity contribution in [2.24, 2.45) is 0 Å². The highest BCUT2D eigenvalue weighted by atomic mass is 16.5.